The van der Waals surface area contributed by atoms with E-state index in [0.717, 1.165) is 60.7 Å². The molecule has 1 aliphatic carbocycles. The summed E-state index contributed by atoms with van der Waals surface area (Å²) < 4.78 is 5.89. The Balaban J connectivity index is 1.32. The normalized spacial score (nSPS) is 17.4. The van der Waals surface area contributed by atoms with E-state index in [4.69, 9.17) is 9.72 Å². The fraction of sp³-hybridized carbons (Fsp3) is 0.429. The second kappa shape index (κ2) is 9.88. The van der Waals surface area contributed by atoms with E-state index in [-0.39, 0.29) is 18.1 Å². The molecule has 1 saturated heterocycles. The number of hydrogen-bond acceptors (Lipinski definition) is 5. The average molecular weight is 476 g/mol. The van der Waals surface area contributed by atoms with Gasteiger partial charge in [-0.25, -0.2) is 4.98 Å². The zero-order valence-electron chi connectivity index (χ0n) is 20.3. The van der Waals surface area contributed by atoms with Crippen molar-refractivity contribution >= 4 is 17.2 Å². The van der Waals surface area contributed by atoms with Crippen LogP contribution in [0.2, 0.25) is 0 Å². The number of amides is 1. The topological polar surface area (TPSA) is 54.5 Å². The molecule has 2 aliphatic rings. The third kappa shape index (κ3) is 4.75. The summed E-state index contributed by atoms with van der Waals surface area (Å²) in [4.78, 5) is 20.4. The second-order valence-electron chi connectivity index (χ2n) is 9.61. The molecule has 3 aromatic rings. The minimum absolute atomic E-state index is 0.160. The SMILES string of the molecule is Cc1cc(-c2ncc(-c3cccc4c3CCC4NCC(=O)N3CCCC3)s2)ccc1OC(C)C. The predicted molar refractivity (Wildman–Crippen MR) is 138 cm³/mol. The van der Waals surface area contributed by atoms with Crippen molar-refractivity contribution in [3.63, 3.8) is 0 Å². The van der Waals surface area contributed by atoms with Crippen LogP contribution in [0.5, 0.6) is 5.75 Å². The molecule has 0 saturated carbocycles. The maximum Gasteiger partial charge on any atom is 0.236 e. The molecule has 34 heavy (non-hydrogen) atoms. The molecule has 2 aromatic carbocycles. The van der Waals surface area contributed by atoms with Gasteiger partial charge in [0.1, 0.15) is 10.8 Å². The van der Waals surface area contributed by atoms with Gasteiger partial charge in [0.15, 0.2) is 0 Å². The Morgan fingerprint density at radius 2 is 2.06 bits per heavy atom. The van der Waals surface area contributed by atoms with Gasteiger partial charge in [-0.1, -0.05) is 18.2 Å². The molecule has 1 aliphatic heterocycles. The molecule has 1 N–H and O–H groups in total. The van der Waals surface area contributed by atoms with Gasteiger partial charge in [-0.2, -0.15) is 0 Å². The fourth-order valence-corrected chi connectivity index (χ4v) is 6.05. The summed E-state index contributed by atoms with van der Waals surface area (Å²) in [7, 11) is 0. The summed E-state index contributed by atoms with van der Waals surface area (Å²) in [6.07, 6.45) is 6.48. The van der Waals surface area contributed by atoms with Crippen LogP contribution < -0.4 is 10.1 Å². The number of likely N-dealkylation sites (tertiary alicyclic amines) is 1. The first-order valence-corrected chi connectivity index (χ1v) is 13.2. The van der Waals surface area contributed by atoms with Crippen molar-refractivity contribution in [3.05, 3.63) is 59.3 Å². The number of carbonyl (C=O) groups excluding carboxylic acids is 1. The number of hydrogen-bond donors (Lipinski definition) is 1. The lowest BCUT2D eigenvalue weighted by Crippen LogP contribution is -2.37. The van der Waals surface area contributed by atoms with Gasteiger partial charge in [-0.3, -0.25) is 4.79 Å². The van der Waals surface area contributed by atoms with E-state index in [1.165, 1.54) is 21.6 Å². The van der Waals surface area contributed by atoms with Gasteiger partial charge in [-0.05, 0) is 86.9 Å². The quantitative estimate of drug-likeness (QED) is 0.471. The van der Waals surface area contributed by atoms with Crippen molar-refractivity contribution in [1.82, 2.24) is 15.2 Å². The molecule has 6 heteroatoms. The van der Waals surface area contributed by atoms with Crippen molar-refractivity contribution in [2.75, 3.05) is 19.6 Å². The van der Waals surface area contributed by atoms with E-state index in [9.17, 15) is 4.79 Å². The van der Waals surface area contributed by atoms with Crippen molar-refractivity contribution in [1.29, 1.82) is 0 Å². The van der Waals surface area contributed by atoms with Crippen LogP contribution in [0.1, 0.15) is 55.8 Å². The number of nitrogens with one attached hydrogen (secondary N) is 1. The van der Waals surface area contributed by atoms with Gasteiger partial charge in [0.25, 0.3) is 0 Å². The Kier molecular flexibility index (Phi) is 6.70. The number of carbonyl (C=O) groups is 1. The lowest BCUT2D eigenvalue weighted by atomic mass is 10.0. The monoisotopic (exact) mass is 475 g/mol. The number of fused-ring (bicyclic) bond motifs is 1. The van der Waals surface area contributed by atoms with Crippen LogP contribution in [0.25, 0.3) is 21.0 Å². The second-order valence-corrected chi connectivity index (χ2v) is 10.6. The molecular weight excluding hydrogens is 442 g/mol. The Bertz CT molecular complexity index is 1180. The zero-order valence-corrected chi connectivity index (χ0v) is 21.1. The summed E-state index contributed by atoms with van der Waals surface area (Å²) in [6.45, 7) is 8.42. The summed E-state index contributed by atoms with van der Waals surface area (Å²) in [6, 6.07) is 13.1. The molecule has 1 atom stereocenters. The molecule has 5 nitrogen and oxygen atoms in total. The molecule has 1 fully saturated rings. The molecular formula is C28H33N3O2S. The number of benzene rings is 2. The van der Waals surface area contributed by atoms with E-state index in [2.05, 4.69) is 42.6 Å². The first kappa shape index (κ1) is 23.1. The van der Waals surface area contributed by atoms with Gasteiger partial charge in [0.2, 0.25) is 5.91 Å². The Labute approximate surface area is 206 Å². The van der Waals surface area contributed by atoms with E-state index >= 15 is 0 Å². The number of thiazole rings is 1. The van der Waals surface area contributed by atoms with E-state index in [1.54, 1.807) is 11.3 Å². The molecule has 0 bridgehead atoms. The third-order valence-corrected chi connectivity index (χ3v) is 7.86. The Hall–Kier alpha value is -2.70. The Morgan fingerprint density at radius 1 is 1.24 bits per heavy atom. The van der Waals surface area contributed by atoms with Crippen LogP contribution in [-0.4, -0.2) is 41.5 Å². The summed E-state index contributed by atoms with van der Waals surface area (Å²) in [5.74, 6) is 1.16. The first-order chi connectivity index (χ1) is 16.5. The number of nitrogens with zero attached hydrogens (tertiary/aromatic N) is 2. The van der Waals surface area contributed by atoms with Gasteiger partial charge in [0.05, 0.1) is 17.5 Å². The van der Waals surface area contributed by atoms with Crippen molar-refractivity contribution in [3.8, 4) is 26.8 Å². The highest BCUT2D eigenvalue weighted by molar-refractivity contribution is 7.18. The molecule has 1 unspecified atom stereocenters. The highest BCUT2D eigenvalue weighted by Gasteiger charge is 2.27. The molecule has 5 rings (SSSR count). The number of ether oxygens (including phenoxy) is 1. The zero-order chi connectivity index (χ0) is 23.7. The van der Waals surface area contributed by atoms with Gasteiger partial charge < -0.3 is 15.0 Å². The highest BCUT2D eigenvalue weighted by atomic mass is 32.1. The van der Waals surface area contributed by atoms with Crippen LogP contribution in [0.15, 0.2) is 42.6 Å². The maximum absolute atomic E-state index is 12.5. The smallest absolute Gasteiger partial charge is 0.236 e. The molecule has 0 radical (unpaired) electrons. The van der Waals surface area contributed by atoms with Crippen LogP contribution in [-0.2, 0) is 11.2 Å². The van der Waals surface area contributed by atoms with E-state index in [1.807, 2.05) is 31.0 Å². The number of rotatable bonds is 7. The highest BCUT2D eigenvalue weighted by Crippen LogP contribution is 2.41. The minimum atomic E-state index is 0.160. The van der Waals surface area contributed by atoms with Gasteiger partial charge in [-0.15, -0.1) is 11.3 Å². The van der Waals surface area contributed by atoms with Gasteiger partial charge in [0, 0.05) is 30.9 Å². The third-order valence-electron chi connectivity index (χ3n) is 6.78. The first-order valence-electron chi connectivity index (χ1n) is 12.4. The van der Waals surface area contributed by atoms with Crippen LogP contribution in [0, 0.1) is 6.92 Å². The molecule has 1 amide bonds. The lowest BCUT2D eigenvalue weighted by molar-refractivity contribution is -0.129. The molecule has 0 spiro atoms. The molecule has 2 heterocycles. The van der Waals surface area contributed by atoms with Gasteiger partial charge >= 0.3 is 0 Å². The maximum atomic E-state index is 12.5. The molecule has 178 valence electrons. The summed E-state index contributed by atoms with van der Waals surface area (Å²) in [5.41, 5.74) is 6.24. The Morgan fingerprint density at radius 3 is 2.82 bits per heavy atom. The van der Waals surface area contributed by atoms with Crippen molar-refractivity contribution in [2.24, 2.45) is 0 Å². The standard InChI is InChI=1S/C28H33N3O2S/c1-18(2)33-25-12-9-20(15-19(25)3)28-30-16-26(34-28)23-8-6-7-22-21(23)10-11-24(22)29-17-27(32)31-13-4-5-14-31/h6-9,12,15-16,18,24,29H,4-5,10-11,13-14,17H2,1-3H3. The van der Waals surface area contributed by atoms with Crippen LogP contribution in [0.4, 0.5) is 0 Å². The van der Waals surface area contributed by atoms with E-state index in [0.29, 0.717) is 6.54 Å². The summed E-state index contributed by atoms with van der Waals surface area (Å²) in [5, 5.41) is 4.56. The lowest BCUT2D eigenvalue weighted by Gasteiger charge is -2.19. The molecule has 1 aromatic heterocycles. The number of aromatic nitrogens is 1. The minimum Gasteiger partial charge on any atom is -0.491 e. The van der Waals surface area contributed by atoms with Crippen molar-refractivity contribution in [2.45, 2.75) is 58.6 Å². The fourth-order valence-electron chi connectivity index (χ4n) is 5.09. The average Bonchev–Trinajstić information content (AvgIpc) is 3.59. The van der Waals surface area contributed by atoms with Crippen LogP contribution in [0.3, 0.4) is 0 Å². The summed E-state index contributed by atoms with van der Waals surface area (Å²) >= 11 is 1.74. The van der Waals surface area contributed by atoms with Crippen LogP contribution >= 0.6 is 11.3 Å². The predicted octanol–water partition coefficient (Wildman–Crippen LogP) is 5.77. The number of aryl methyl sites for hydroxylation is 1. The van der Waals surface area contributed by atoms with E-state index < -0.39 is 0 Å². The largest absolute Gasteiger partial charge is 0.491 e. The van der Waals surface area contributed by atoms with Crippen molar-refractivity contribution < 1.29 is 9.53 Å².